The minimum Gasteiger partial charge on any atom is -0.390 e. The summed E-state index contributed by atoms with van der Waals surface area (Å²) in [5, 5.41) is 18.2. The predicted molar refractivity (Wildman–Crippen MR) is 31.8 cm³/mol. The summed E-state index contributed by atoms with van der Waals surface area (Å²) in [6.07, 6.45) is 0.172. The Kier molecular flexibility index (Phi) is 1.75. The molecule has 0 radical (unpaired) electrons. The first kappa shape index (κ1) is 6.99. The third-order valence-corrected chi connectivity index (χ3v) is 1.57. The highest BCUT2D eigenvalue weighted by molar-refractivity contribution is 4.76. The fraction of sp³-hybridized carbons (Fsp3) is 1.00. The Morgan fingerprint density at radius 3 is 2.67 bits per heavy atom. The van der Waals surface area contributed by atoms with Crippen LogP contribution in [0.15, 0.2) is 0 Å². The van der Waals surface area contributed by atoms with Crippen LogP contribution in [0.25, 0.3) is 0 Å². The van der Waals surface area contributed by atoms with E-state index in [0.717, 1.165) is 0 Å². The van der Waals surface area contributed by atoms with Crippen molar-refractivity contribution in [2.24, 2.45) is 0 Å². The van der Waals surface area contributed by atoms with Gasteiger partial charge in [-0.3, -0.25) is 0 Å². The highest BCUT2D eigenvalue weighted by atomic mass is 16.6. The molecule has 1 aliphatic rings. The van der Waals surface area contributed by atoms with Gasteiger partial charge in [0.1, 0.15) is 0 Å². The predicted octanol–water partition coefficient (Wildman–Crippen LogP) is -0.134. The highest BCUT2D eigenvalue weighted by Gasteiger charge is 2.28. The van der Waals surface area contributed by atoms with Crippen molar-refractivity contribution in [3.63, 3.8) is 0 Å². The van der Waals surface area contributed by atoms with Crippen LogP contribution in [0.4, 0.5) is 0 Å². The molecular formula is C6H12O3. The van der Waals surface area contributed by atoms with Crippen molar-refractivity contribution >= 4 is 0 Å². The Morgan fingerprint density at radius 2 is 2.33 bits per heavy atom. The molecule has 3 nitrogen and oxygen atoms in total. The summed E-state index contributed by atoms with van der Waals surface area (Å²) in [6, 6.07) is 0. The summed E-state index contributed by atoms with van der Waals surface area (Å²) >= 11 is 0. The molecule has 2 unspecified atom stereocenters. The Morgan fingerprint density at radius 1 is 1.67 bits per heavy atom. The van der Waals surface area contributed by atoms with Gasteiger partial charge in [0.05, 0.1) is 12.2 Å². The van der Waals surface area contributed by atoms with E-state index in [-0.39, 0.29) is 0 Å². The normalized spacial score (nSPS) is 45.0. The van der Waals surface area contributed by atoms with Crippen molar-refractivity contribution in [2.75, 3.05) is 6.61 Å². The van der Waals surface area contributed by atoms with Gasteiger partial charge < -0.3 is 14.9 Å². The van der Waals surface area contributed by atoms with E-state index in [0.29, 0.717) is 19.4 Å². The molecule has 3 heteroatoms. The summed E-state index contributed by atoms with van der Waals surface area (Å²) in [5.74, 6) is 0. The van der Waals surface area contributed by atoms with E-state index < -0.39 is 11.9 Å². The van der Waals surface area contributed by atoms with Gasteiger partial charge in [0.15, 0.2) is 6.29 Å². The van der Waals surface area contributed by atoms with Crippen LogP contribution in [0.2, 0.25) is 0 Å². The van der Waals surface area contributed by atoms with Crippen LogP contribution in [-0.4, -0.2) is 28.7 Å². The maximum Gasteiger partial charge on any atom is 0.157 e. The number of aliphatic hydroxyl groups is 2. The van der Waals surface area contributed by atoms with Gasteiger partial charge >= 0.3 is 0 Å². The molecule has 1 fully saturated rings. The van der Waals surface area contributed by atoms with Gasteiger partial charge in [-0.2, -0.15) is 0 Å². The molecule has 2 N–H and O–H groups in total. The fourth-order valence-electron chi connectivity index (χ4n) is 0.952. The summed E-state index contributed by atoms with van der Waals surface area (Å²) < 4.78 is 4.81. The molecule has 0 aromatic rings. The average molecular weight is 132 g/mol. The zero-order chi connectivity index (χ0) is 6.91. The molecular weight excluding hydrogens is 120 g/mol. The molecule has 1 saturated heterocycles. The minimum atomic E-state index is -0.770. The van der Waals surface area contributed by atoms with Crippen molar-refractivity contribution in [1.29, 1.82) is 0 Å². The molecule has 0 saturated carbocycles. The molecule has 0 aromatic carbocycles. The van der Waals surface area contributed by atoms with Gasteiger partial charge in [0.25, 0.3) is 0 Å². The molecule has 0 spiro atoms. The van der Waals surface area contributed by atoms with Crippen LogP contribution in [0.3, 0.4) is 0 Å². The monoisotopic (exact) mass is 132 g/mol. The third-order valence-electron chi connectivity index (χ3n) is 1.57. The number of rotatable bonds is 0. The first-order valence-electron chi connectivity index (χ1n) is 3.12. The second kappa shape index (κ2) is 2.25. The SMILES string of the molecule is CC1(O)CCOC(O)C1. The molecule has 0 aromatic heterocycles. The van der Waals surface area contributed by atoms with Gasteiger partial charge in [0.2, 0.25) is 0 Å². The minimum absolute atomic E-state index is 0.326. The van der Waals surface area contributed by atoms with Gasteiger partial charge in [0, 0.05) is 6.42 Å². The lowest BCUT2D eigenvalue weighted by Gasteiger charge is -2.30. The smallest absolute Gasteiger partial charge is 0.157 e. The first-order valence-corrected chi connectivity index (χ1v) is 3.12. The van der Waals surface area contributed by atoms with E-state index >= 15 is 0 Å². The summed E-state index contributed by atoms with van der Waals surface area (Å²) in [5.41, 5.74) is -0.725. The van der Waals surface area contributed by atoms with E-state index in [1.165, 1.54) is 0 Å². The molecule has 9 heavy (non-hydrogen) atoms. The Hall–Kier alpha value is -0.120. The topological polar surface area (TPSA) is 49.7 Å². The average Bonchev–Trinajstić information content (AvgIpc) is 1.60. The highest BCUT2D eigenvalue weighted by Crippen LogP contribution is 2.22. The zero-order valence-corrected chi connectivity index (χ0v) is 5.50. The largest absolute Gasteiger partial charge is 0.390 e. The van der Waals surface area contributed by atoms with E-state index in [1.807, 2.05) is 0 Å². The summed E-state index contributed by atoms with van der Waals surface area (Å²) in [7, 11) is 0. The lowest BCUT2D eigenvalue weighted by atomic mass is 9.96. The van der Waals surface area contributed by atoms with Crippen LogP contribution in [0, 0.1) is 0 Å². The van der Waals surface area contributed by atoms with Crippen LogP contribution in [0.5, 0.6) is 0 Å². The van der Waals surface area contributed by atoms with Crippen LogP contribution in [-0.2, 0) is 4.74 Å². The molecule has 1 aliphatic heterocycles. The third kappa shape index (κ3) is 1.93. The fourth-order valence-corrected chi connectivity index (χ4v) is 0.952. The molecule has 2 atom stereocenters. The van der Waals surface area contributed by atoms with Crippen LogP contribution >= 0.6 is 0 Å². The lowest BCUT2D eigenvalue weighted by molar-refractivity contribution is -0.179. The van der Waals surface area contributed by atoms with Crippen molar-refractivity contribution in [1.82, 2.24) is 0 Å². The number of ether oxygens (including phenoxy) is 1. The molecule has 0 aliphatic carbocycles. The second-order valence-electron chi connectivity index (χ2n) is 2.78. The lowest BCUT2D eigenvalue weighted by Crippen LogP contribution is -2.37. The summed E-state index contributed by atoms with van der Waals surface area (Å²) in [4.78, 5) is 0. The summed E-state index contributed by atoms with van der Waals surface area (Å²) in [6.45, 7) is 2.16. The van der Waals surface area contributed by atoms with E-state index in [2.05, 4.69) is 0 Å². The molecule has 54 valence electrons. The van der Waals surface area contributed by atoms with Crippen molar-refractivity contribution in [2.45, 2.75) is 31.7 Å². The van der Waals surface area contributed by atoms with Gasteiger partial charge in [-0.05, 0) is 13.3 Å². The molecule has 0 amide bonds. The maximum atomic E-state index is 9.30. The van der Waals surface area contributed by atoms with E-state index in [9.17, 15) is 5.11 Å². The second-order valence-corrected chi connectivity index (χ2v) is 2.78. The van der Waals surface area contributed by atoms with Gasteiger partial charge in [-0.1, -0.05) is 0 Å². The molecule has 0 bridgehead atoms. The van der Waals surface area contributed by atoms with Crippen molar-refractivity contribution in [3.05, 3.63) is 0 Å². The molecule has 1 rings (SSSR count). The van der Waals surface area contributed by atoms with E-state index in [1.54, 1.807) is 6.92 Å². The Labute approximate surface area is 54.3 Å². The van der Waals surface area contributed by atoms with Crippen molar-refractivity contribution in [3.8, 4) is 0 Å². The van der Waals surface area contributed by atoms with Crippen LogP contribution < -0.4 is 0 Å². The Balaban J connectivity index is 2.41. The van der Waals surface area contributed by atoms with Gasteiger partial charge in [-0.25, -0.2) is 0 Å². The van der Waals surface area contributed by atoms with Crippen LogP contribution in [0.1, 0.15) is 19.8 Å². The number of aliphatic hydroxyl groups excluding tert-OH is 1. The quantitative estimate of drug-likeness (QED) is 0.482. The maximum absolute atomic E-state index is 9.30. The van der Waals surface area contributed by atoms with E-state index in [4.69, 9.17) is 9.84 Å². The molecule has 1 heterocycles. The van der Waals surface area contributed by atoms with Gasteiger partial charge in [-0.15, -0.1) is 0 Å². The first-order chi connectivity index (χ1) is 4.10. The zero-order valence-electron chi connectivity index (χ0n) is 5.50. The standard InChI is InChI=1S/C6H12O3/c1-6(8)2-3-9-5(7)4-6/h5,7-8H,2-4H2,1H3. The Bertz CT molecular complexity index is 100. The number of hydrogen-bond acceptors (Lipinski definition) is 3. The number of hydrogen-bond donors (Lipinski definition) is 2. The van der Waals surface area contributed by atoms with Crippen molar-refractivity contribution < 1.29 is 14.9 Å².